The molecule has 0 aliphatic heterocycles. The maximum absolute atomic E-state index is 11.7. The van der Waals surface area contributed by atoms with Gasteiger partial charge in [0, 0.05) is 7.05 Å². The van der Waals surface area contributed by atoms with Gasteiger partial charge in [-0.25, -0.2) is 0 Å². The number of rotatable bonds is 5. The average molecular weight is 237 g/mol. The molecule has 0 aliphatic carbocycles. The quantitative estimate of drug-likeness (QED) is 0.829. The van der Waals surface area contributed by atoms with E-state index in [0.29, 0.717) is 5.75 Å². The number of carboxylic acid groups (broad SMARTS) is 1. The SMILES string of the molecule is CC(Oc1ccccc1)C(=O)N(C)CC(=O)O. The number of nitrogens with zero attached hydrogens (tertiary/aromatic N) is 1. The molecule has 0 aromatic heterocycles. The van der Waals surface area contributed by atoms with E-state index in [1.54, 1.807) is 31.2 Å². The molecule has 1 aromatic rings. The number of carbonyl (C=O) groups is 2. The fraction of sp³-hybridized carbons (Fsp3) is 0.333. The molecule has 92 valence electrons. The van der Waals surface area contributed by atoms with E-state index >= 15 is 0 Å². The van der Waals surface area contributed by atoms with E-state index in [1.807, 2.05) is 6.07 Å². The molecule has 0 saturated heterocycles. The highest BCUT2D eigenvalue weighted by molar-refractivity contribution is 5.84. The predicted molar refractivity (Wildman–Crippen MR) is 61.8 cm³/mol. The number of likely N-dealkylation sites (N-methyl/N-ethyl adjacent to an activating group) is 1. The highest BCUT2D eigenvalue weighted by Crippen LogP contribution is 2.11. The Kier molecular flexibility index (Phi) is 4.51. The lowest BCUT2D eigenvalue weighted by atomic mass is 10.3. The predicted octanol–water partition coefficient (Wildman–Crippen LogP) is 0.997. The van der Waals surface area contributed by atoms with Crippen LogP contribution in [0.25, 0.3) is 0 Å². The van der Waals surface area contributed by atoms with Gasteiger partial charge in [0.15, 0.2) is 6.10 Å². The van der Waals surface area contributed by atoms with Crippen LogP contribution in [0.2, 0.25) is 0 Å². The Balaban J connectivity index is 2.55. The van der Waals surface area contributed by atoms with Gasteiger partial charge in [-0.2, -0.15) is 0 Å². The number of benzene rings is 1. The van der Waals surface area contributed by atoms with E-state index in [9.17, 15) is 9.59 Å². The molecule has 1 unspecified atom stereocenters. The molecule has 1 rings (SSSR count). The molecule has 1 amide bonds. The van der Waals surface area contributed by atoms with Crippen LogP contribution >= 0.6 is 0 Å². The minimum absolute atomic E-state index is 0.332. The van der Waals surface area contributed by atoms with E-state index in [1.165, 1.54) is 7.05 Å². The molecule has 0 bridgehead atoms. The summed E-state index contributed by atoms with van der Waals surface area (Å²) in [5.41, 5.74) is 0. The van der Waals surface area contributed by atoms with Gasteiger partial charge < -0.3 is 14.7 Å². The molecule has 1 N–H and O–H groups in total. The van der Waals surface area contributed by atoms with E-state index in [0.717, 1.165) is 4.90 Å². The van der Waals surface area contributed by atoms with Crippen LogP contribution in [-0.4, -0.2) is 41.6 Å². The first-order valence-corrected chi connectivity index (χ1v) is 5.19. The molecule has 0 fully saturated rings. The fourth-order valence-corrected chi connectivity index (χ4v) is 1.34. The van der Waals surface area contributed by atoms with Gasteiger partial charge in [0.05, 0.1) is 0 Å². The third-order valence-corrected chi connectivity index (χ3v) is 2.15. The molecule has 0 saturated carbocycles. The minimum Gasteiger partial charge on any atom is -0.481 e. The van der Waals surface area contributed by atoms with Gasteiger partial charge in [-0.3, -0.25) is 9.59 Å². The molecule has 0 radical (unpaired) electrons. The molecule has 0 spiro atoms. The van der Waals surface area contributed by atoms with Gasteiger partial charge in [0.25, 0.3) is 5.91 Å². The second kappa shape index (κ2) is 5.89. The average Bonchev–Trinajstić information content (AvgIpc) is 2.28. The van der Waals surface area contributed by atoms with Crippen molar-refractivity contribution < 1.29 is 19.4 Å². The van der Waals surface area contributed by atoms with Crippen molar-refractivity contribution in [3.05, 3.63) is 30.3 Å². The number of hydrogen-bond donors (Lipinski definition) is 1. The maximum Gasteiger partial charge on any atom is 0.323 e. The van der Waals surface area contributed by atoms with Crippen molar-refractivity contribution in [2.24, 2.45) is 0 Å². The van der Waals surface area contributed by atoms with Crippen LogP contribution in [0.5, 0.6) is 5.75 Å². The normalized spacial score (nSPS) is 11.6. The molecule has 5 heteroatoms. The van der Waals surface area contributed by atoms with Crippen molar-refractivity contribution in [3.63, 3.8) is 0 Å². The molecule has 0 aliphatic rings. The van der Waals surface area contributed by atoms with Crippen LogP contribution in [0.1, 0.15) is 6.92 Å². The fourth-order valence-electron chi connectivity index (χ4n) is 1.34. The number of carboxylic acids is 1. The standard InChI is InChI=1S/C12H15NO4/c1-9(12(16)13(2)8-11(14)15)17-10-6-4-3-5-7-10/h3-7,9H,8H2,1-2H3,(H,14,15). The lowest BCUT2D eigenvalue weighted by molar-refractivity contribution is -0.146. The second-order valence-electron chi connectivity index (χ2n) is 3.66. The van der Waals surface area contributed by atoms with Gasteiger partial charge in [-0.1, -0.05) is 18.2 Å². The van der Waals surface area contributed by atoms with Crippen molar-refractivity contribution in [2.45, 2.75) is 13.0 Å². The highest BCUT2D eigenvalue weighted by Gasteiger charge is 2.20. The number of carbonyl (C=O) groups excluding carboxylic acids is 1. The third kappa shape index (κ3) is 4.14. The van der Waals surface area contributed by atoms with Crippen LogP contribution in [0.15, 0.2) is 30.3 Å². The minimum atomic E-state index is -1.05. The topological polar surface area (TPSA) is 66.8 Å². The summed E-state index contributed by atoms with van der Waals surface area (Å²) in [6.45, 7) is 1.26. The van der Waals surface area contributed by atoms with Crippen molar-refractivity contribution in [3.8, 4) is 5.75 Å². The molecule has 5 nitrogen and oxygen atoms in total. The zero-order valence-corrected chi connectivity index (χ0v) is 9.79. The van der Waals surface area contributed by atoms with Crippen LogP contribution in [0.3, 0.4) is 0 Å². The van der Waals surface area contributed by atoms with E-state index in [-0.39, 0.29) is 12.5 Å². The van der Waals surface area contributed by atoms with Gasteiger partial charge >= 0.3 is 5.97 Å². The van der Waals surface area contributed by atoms with Crippen LogP contribution in [0, 0.1) is 0 Å². The molecule has 0 heterocycles. The van der Waals surface area contributed by atoms with Gasteiger partial charge in [0.2, 0.25) is 0 Å². The molecule has 1 atom stereocenters. The lowest BCUT2D eigenvalue weighted by Crippen LogP contribution is -2.40. The smallest absolute Gasteiger partial charge is 0.323 e. The van der Waals surface area contributed by atoms with Crippen LogP contribution in [0.4, 0.5) is 0 Å². The van der Waals surface area contributed by atoms with Gasteiger partial charge in [0.1, 0.15) is 12.3 Å². The number of ether oxygens (including phenoxy) is 1. The summed E-state index contributed by atoms with van der Waals surface area (Å²) in [6.07, 6.45) is -0.707. The Morgan fingerprint density at radius 2 is 1.94 bits per heavy atom. The Morgan fingerprint density at radius 1 is 1.35 bits per heavy atom. The number of amides is 1. The molecular formula is C12H15NO4. The van der Waals surface area contributed by atoms with E-state index in [2.05, 4.69) is 0 Å². The number of hydrogen-bond acceptors (Lipinski definition) is 3. The number of para-hydroxylation sites is 1. The van der Waals surface area contributed by atoms with E-state index < -0.39 is 12.1 Å². The van der Waals surface area contributed by atoms with Crippen LogP contribution in [-0.2, 0) is 9.59 Å². The summed E-state index contributed by atoms with van der Waals surface area (Å²) < 4.78 is 5.39. The zero-order chi connectivity index (χ0) is 12.8. The largest absolute Gasteiger partial charge is 0.481 e. The van der Waals surface area contributed by atoms with Gasteiger partial charge in [-0.15, -0.1) is 0 Å². The summed E-state index contributed by atoms with van der Waals surface area (Å²) in [7, 11) is 1.43. The summed E-state index contributed by atoms with van der Waals surface area (Å²) >= 11 is 0. The summed E-state index contributed by atoms with van der Waals surface area (Å²) in [4.78, 5) is 23.3. The molecule has 1 aromatic carbocycles. The van der Waals surface area contributed by atoms with Crippen molar-refractivity contribution in [1.82, 2.24) is 4.90 Å². The summed E-state index contributed by atoms with van der Waals surface area (Å²) in [6, 6.07) is 8.92. The summed E-state index contributed by atoms with van der Waals surface area (Å²) in [5.74, 6) is -0.832. The molecular weight excluding hydrogens is 222 g/mol. The Labute approximate surface area is 99.6 Å². The van der Waals surface area contributed by atoms with E-state index in [4.69, 9.17) is 9.84 Å². The number of aliphatic carboxylic acids is 1. The Morgan fingerprint density at radius 3 is 2.47 bits per heavy atom. The third-order valence-electron chi connectivity index (χ3n) is 2.15. The second-order valence-corrected chi connectivity index (χ2v) is 3.66. The zero-order valence-electron chi connectivity index (χ0n) is 9.79. The highest BCUT2D eigenvalue weighted by atomic mass is 16.5. The van der Waals surface area contributed by atoms with Crippen molar-refractivity contribution in [1.29, 1.82) is 0 Å². The monoisotopic (exact) mass is 237 g/mol. The van der Waals surface area contributed by atoms with Crippen LogP contribution < -0.4 is 4.74 Å². The summed E-state index contributed by atoms with van der Waals surface area (Å²) in [5, 5.41) is 8.57. The Bertz CT molecular complexity index is 391. The van der Waals surface area contributed by atoms with Crippen molar-refractivity contribution >= 4 is 11.9 Å². The maximum atomic E-state index is 11.7. The lowest BCUT2D eigenvalue weighted by Gasteiger charge is -2.20. The van der Waals surface area contributed by atoms with Crippen molar-refractivity contribution in [2.75, 3.05) is 13.6 Å². The Hall–Kier alpha value is -2.04. The first-order chi connectivity index (χ1) is 8.00. The first kappa shape index (κ1) is 13.0. The molecule has 17 heavy (non-hydrogen) atoms. The van der Waals surface area contributed by atoms with Gasteiger partial charge in [-0.05, 0) is 19.1 Å². The first-order valence-electron chi connectivity index (χ1n) is 5.19.